The van der Waals surface area contributed by atoms with E-state index in [-0.39, 0.29) is 6.79 Å². The second-order valence-electron chi connectivity index (χ2n) is 9.31. The summed E-state index contributed by atoms with van der Waals surface area (Å²) in [7, 11) is 0. The first-order chi connectivity index (χ1) is 10.6. The smallest absolute Gasteiger partial charge is 0.143 e. The second-order valence-corrected chi connectivity index (χ2v) is 9.31. The van der Waals surface area contributed by atoms with Crippen molar-refractivity contribution in [1.82, 2.24) is 0 Å². The van der Waals surface area contributed by atoms with Crippen LogP contribution < -0.4 is 0 Å². The van der Waals surface area contributed by atoms with E-state index < -0.39 is 0 Å². The standard InChI is InChI=1S/C20H34O2/c1-19-11-4-3-5-14(19)6-7-15-16-8-9-18(22-13-21)20(16,2)12-10-17(15)19/h14-18,21H,3-13H2,1-2H3/t14-,15-,16-,17-,18-,19-,20-/m0/s1. The van der Waals surface area contributed by atoms with Gasteiger partial charge in [0.2, 0.25) is 0 Å². The topological polar surface area (TPSA) is 29.5 Å². The molecule has 0 radical (unpaired) electrons. The number of fused-ring (bicyclic) bond motifs is 5. The minimum absolute atomic E-state index is 0.0964. The van der Waals surface area contributed by atoms with Gasteiger partial charge in [0, 0.05) is 0 Å². The summed E-state index contributed by atoms with van der Waals surface area (Å²) in [4.78, 5) is 0. The molecule has 0 bridgehead atoms. The van der Waals surface area contributed by atoms with Crippen molar-refractivity contribution in [3.63, 3.8) is 0 Å². The van der Waals surface area contributed by atoms with Gasteiger partial charge in [-0.25, -0.2) is 0 Å². The van der Waals surface area contributed by atoms with Crippen molar-refractivity contribution in [2.45, 2.75) is 84.2 Å². The van der Waals surface area contributed by atoms with Gasteiger partial charge in [-0.3, -0.25) is 0 Å². The number of hydrogen-bond acceptors (Lipinski definition) is 2. The molecule has 0 aromatic carbocycles. The highest BCUT2D eigenvalue weighted by Crippen LogP contribution is 2.66. The first-order valence-electron chi connectivity index (χ1n) is 9.82. The van der Waals surface area contributed by atoms with Crippen LogP contribution in [-0.2, 0) is 4.74 Å². The molecule has 0 aromatic rings. The molecule has 1 N–H and O–H groups in total. The summed E-state index contributed by atoms with van der Waals surface area (Å²) in [6, 6.07) is 0. The fourth-order valence-corrected chi connectivity index (χ4v) is 7.61. The van der Waals surface area contributed by atoms with Gasteiger partial charge in [0.05, 0.1) is 6.10 Å². The Bertz CT molecular complexity index is 422. The van der Waals surface area contributed by atoms with E-state index >= 15 is 0 Å². The molecular weight excluding hydrogens is 272 g/mol. The molecular formula is C20H34O2. The minimum atomic E-state index is -0.0964. The normalized spacial score (nSPS) is 54.4. The van der Waals surface area contributed by atoms with Gasteiger partial charge in [-0.2, -0.15) is 0 Å². The Labute approximate surface area is 136 Å². The molecule has 0 aliphatic heterocycles. The summed E-state index contributed by atoms with van der Waals surface area (Å²) < 4.78 is 5.74. The lowest BCUT2D eigenvalue weighted by Crippen LogP contribution is -2.53. The lowest BCUT2D eigenvalue weighted by atomic mass is 9.45. The van der Waals surface area contributed by atoms with Gasteiger partial charge in [0.15, 0.2) is 0 Å². The van der Waals surface area contributed by atoms with Crippen LogP contribution in [0.5, 0.6) is 0 Å². The lowest BCUT2D eigenvalue weighted by Gasteiger charge is -2.60. The molecule has 22 heavy (non-hydrogen) atoms. The van der Waals surface area contributed by atoms with E-state index in [2.05, 4.69) is 13.8 Å². The average Bonchev–Trinajstić information content (AvgIpc) is 2.84. The summed E-state index contributed by atoms with van der Waals surface area (Å²) >= 11 is 0. The molecule has 126 valence electrons. The Morgan fingerprint density at radius 2 is 1.68 bits per heavy atom. The monoisotopic (exact) mass is 306 g/mol. The van der Waals surface area contributed by atoms with Crippen LogP contribution in [0, 0.1) is 34.5 Å². The fraction of sp³-hybridized carbons (Fsp3) is 1.00. The predicted molar refractivity (Wildman–Crippen MR) is 88.3 cm³/mol. The SMILES string of the molecule is C[C@]12CCCC[C@H]1CC[C@@H]1[C@@H]2CC[C@]2(C)[C@@H](OCO)CC[C@@H]12. The lowest BCUT2D eigenvalue weighted by molar-refractivity contribution is -0.147. The highest BCUT2D eigenvalue weighted by Gasteiger charge is 2.59. The quantitative estimate of drug-likeness (QED) is 0.746. The summed E-state index contributed by atoms with van der Waals surface area (Å²) in [5, 5.41) is 9.24. The largest absolute Gasteiger partial charge is 0.371 e. The van der Waals surface area contributed by atoms with Crippen LogP contribution in [0.2, 0.25) is 0 Å². The van der Waals surface area contributed by atoms with Gasteiger partial charge in [-0.05, 0) is 85.9 Å². The fourth-order valence-electron chi connectivity index (χ4n) is 7.61. The van der Waals surface area contributed by atoms with Gasteiger partial charge in [-0.1, -0.05) is 26.7 Å². The van der Waals surface area contributed by atoms with Crippen LogP contribution >= 0.6 is 0 Å². The Hall–Kier alpha value is -0.0800. The minimum Gasteiger partial charge on any atom is -0.371 e. The molecule has 0 spiro atoms. The predicted octanol–water partition coefficient (Wildman–Crippen LogP) is 4.75. The number of rotatable bonds is 2. The van der Waals surface area contributed by atoms with Crippen molar-refractivity contribution in [1.29, 1.82) is 0 Å². The molecule has 4 aliphatic rings. The Kier molecular flexibility index (Phi) is 3.85. The van der Waals surface area contributed by atoms with Gasteiger partial charge in [0.25, 0.3) is 0 Å². The highest BCUT2D eigenvalue weighted by molar-refractivity contribution is 5.09. The maximum absolute atomic E-state index is 9.24. The maximum atomic E-state index is 9.24. The third-order valence-electron chi connectivity index (χ3n) is 8.77. The molecule has 0 aromatic heterocycles. The third-order valence-corrected chi connectivity index (χ3v) is 8.77. The molecule has 0 heterocycles. The zero-order valence-corrected chi connectivity index (χ0v) is 14.5. The van der Waals surface area contributed by atoms with E-state index in [0.717, 1.165) is 23.7 Å². The Balaban J connectivity index is 1.59. The van der Waals surface area contributed by atoms with Gasteiger partial charge < -0.3 is 9.84 Å². The van der Waals surface area contributed by atoms with Crippen LogP contribution in [0.15, 0.2) is 0 Å². The molecule has 2 nitrogen and oxygen atoms in total. The van der Waals surface area contributed by atoms with Gasteiger partial charge in [0.1, 0.15) is 6.79 Å². The first kappa shape index (κ1) is 15.4. The summed E-state index contributed by atoms with van der Waals surface area (Å²) in [6.45, 7) is 5.02. The Morgan fingerprint density at radius 1 is 0.864 bits per heavy atom. The number of aliphatic hydroxyl groups excluding tert-OH is 1. The third kappa shape index (κ3) is 2.05. The van der Waals surface area contributed by atoms with Crippen LogP contribution in [-0.4, -0.2) is 18.0 Å². The number of hydrogen-bond donors (Lipinski definition) is 1. The molecule has 0 amide bonds. The van der Waals surface area contributed by atoms with E-state index in [1.807, 2.05) is 0 Å². The van der Waals surface area contributed by atoms with E-state index in [1.165, 1.54) is 64.2 Å². The molecule has 4 rings (SSSR count). The number of aliphatic hydroxyl groups is 1. The summed E-state index contributed by atoms with van der Waals surface area (Å²) in [5.74, 6) is 3.77. The van der Waals surface area contributed by atoms with Crippen LogP contribution in [0.3, 0.4) is 0 Å². The highest BCUT2D eigenvalue weighted by atomic mass is 16.6. The summed E-state index contributed by atoms with van der Waals surface area (Å²) in [6.07, 6.45) is 14.4. The van der Waals surface area contributed by atoms with Crippen molar-refractivity contribution in [2.24, 2.45) is 34.5 Å². The molecule has 7 atom stereocenters. The van der Waals surface area contributed by atoms with Crippen molar-refractivity contribution >= 4 is 0 Å². The molecule has 4 saturated carbocycles. The number of ether oxygens (including phenoxy) is 1. The Morgan fingerprint density at radius 3 is 2.50 bits per heavy atom. The second kappa shape index (κ2) is 5.48. The summed E-state index contributed by atoms with van der Waals surface area (Å²) in [5.41, 5.74) is 0.972. The molecule has 2 heteroatoms. The van der Waals surface area contributed by atoms with Gasteiger partial charge >= 0.3 is 0 Å². The van der Waals surface area contributed by atoms with E-state index in [1.54, 1.807) is 0 Å². The van der Waals surface area contributed by atoms with Crippen LogP contribution in [0.1, 0.15) is 78.1 Å². The van der Waals surface area contributed by atoms with E-state index in [0.29, 0.717) is 16.9 Å². The zero-order valence-electron chi connectivity index (χ0n) is 14.5. The zero-order chi connectivity index (χ0) is 15.4. The molecule has 4 aliphatic carbocycles. The van der Waals surface area contributed by atoms with Crippen molar-refractivity contribution < 1.29 is 9.84 Å². The molecule has 4 fully saturated rings. The average molecular weight is 306 g/mol. The van der Waals surface area contributed by atoms with Gasteiger partial charge in [-0.15, -0.1) is 0 Å². The van der Waals surface area contributed by atoms with Crippen LogP contribution in [0.25, 0.3) is 0 Å². The van der Waals surface area contributed by atoms with Crippen molar-refractivity contribution in [2.75, 3.05) is 6.79 Å². The van der Waals surface area contributed by atoms with Crippen LogP contribution in [0.4, 0.5) is 0 Å². The molecule has 0 saturated heterocycles. The van der Waals surface area contributed by atoms with Crippen molar-refractivity contribution in [3.8, 4) is 0 Å². The maximum Gasteiger partial charge on any atom is 0.143 e. The van der Waals surface area contributed by atoms with Crippen molar-refractivity contribution in [3.05, 3.63) is 0 Å². The molecule has 0 unspecified atom stereocenters. The first-order valence-corrected chi connectivity index (χ1v) is 9.82. The van der Waals surface area contributed by atoms with E-state index in [9.17, 15) is 5.11 Å². The van der Waals surface area contributed by atoms with E-state index in [4.69, 9.17) is 4.74 Å².